The van der Waals surface area contributed by atoms with Gasteiger partial charge in [0, 0.05) is 30.2 Å². The number of urea groups is 1. The molecule has 0 aliphatic carbocycles. The van der Waals surface area contributed by atoms with Crippen LogP contribution in [0, 0.1) is 6.92 Å². The van der Waals surface area contributed by atoms with Crippen LogP contribution in [-0.4, -0.2) is 36.5 Å². The number of amides is 2. The number of carbonyl (C=O) groups is 1. The summed E-state index contributed by atoms with van der Waals surface area (Å²) in [6.45, 7) is 5.72. The van der Waals surface area contributed by atoms with Crippen molar-refractivity contribution in [2.45, 2.75) is 38.1 Å². The molecular formula is C22H23F2N5O4S. The molecule has 0 aliphatic heterocycles. The Labute approximate surface area is 195 Å². The highest BCUT2D eigenvalue weighted by atomic mass is 32.2. The molecule has 0 saturated heterocycles. The third kappa shape index (κ3) is 5.45. The summed E-state index contributed by atoms with van der Waals surface area (Å²) in [5.74, 6) is 0.310. The molecule has 9 nitrogen and oxygen atoms in total. The van der Waals surface area contributed by atoms with E-state index < -0.39 is 33.2 Å². The molecule has 3 rings (SSSR count). The number of halogens is 2. The van der Waals surface area contributed by atoms with Crippen LogP contribution in [0.3, 0.4) is 0 Å². The molecule has 12 heteroatoms. The molecule has 34 heavy (non-hydrogen) atoms. The first-order valence-electron chi connectivity index (χ1n) is 10.1. The first-order chi connectivity index (χ1) is 16.0. The molecule has 2 heterocycles. The largest absolute Gasteiger partial charge is 0.481 e. The van der Waals surface area contributed by atoms with Crippen molar-refractivity contribution < 1.29 is 26.7 Å². The molecule has 0 bridgehead atoms. The Hall–Kier alpha value is -3.67. The summed E-state index contributed by atoms with van der Waals surface area (Å²) in [4.78, 5) is 23.7. The summed E-state index contributed by atoms with van der Waals surface area (Å²) >= 11 is 0. The smallest absolute Gasteiger partial charge is 0.333 e. The number of hydrogen-bond donors (Lipinski definition) is 2. The number of nitrogens with one attached hydrogen (secondary N) is 2. The van der Waals surface area contributed by atoms with Gasteiger partial charge in [0.1, 0.15) is 5.69 Å². The second kappa shape index (κ2) is 10.1. The topological polar surface area (TPSA) is 123 Å². The van der Waals surface area contributed by atoms with Crippen molar-refractivity contribution >= 4 is 21.7 Å². The van der Waals surface area contributed by atoms with Crippen molar-refractivity contribution in [1.29, 1.82) is 0 Å². The van der Waals surface area contributed by atoms with Crippen molar-refractivity contribution in [3.8, 4) is 17.0 Å². The van der Waals surface area contributed by atoms with E-state index in [1.54, 1.807) is 23.1 Å². The van der Waals surface area contributed by atoms with Crippen molar-refractivity contribution in [1.82, 2.24) is 19.7 Å². The number of rotatable bonds is 7. The van der Waals surface area contributed by atoms with Gasteiger partial charge in [-0.1, -0.05) is 25.5 Å². The molecule has 180 valence electrons. The molecule has 0 atom stereocenters. The molecule has 1 aromatic carbocycles. The van der Waals surface area contributed by atoms with Crippen molar-refractivity contribution in [3.63, 3.8) is 0 Å². The first-order valence-corrected chi connectivity index (χ1v) is 11.6. The summed E-state index contributed by atoms with van der Waals surface area (Å²) < 4.78 is 58.6. The van der Waals surface area contributed by atoms with Crippen molar-refractivity contribution in [3.05, 3.63) is 59.7 Å². The SMILES string of the molecule is COc1cc(-c2cc(C)cc(C(C)C)c2NC(=O)NS(=O)(=O)c2nccnc2C(F)F)ccn1. The van der Waals surface area contributed by atoms with Gasteiger partial charge < -0.3 is 10.1 Å². The Morgan fingerprint density at radius 1 is 1.06 bits per heavy atom. The van der Waals surface area contributed by atoms with E-state index in [4.69, 9.17) is 4.74 Å². The number of pyridine rings is 1. The molecule has 2 N–H and O–H groups in total. The zero-order chi connectivity index (χ0) is 25.0. The van der Waals surface area contributed by atoms with Gasteiger partial charge in [-0.2, -0.15) is 8.42 Å². The second-order valence-corrected chi connectivity index (χ2v) is 9.22. The average molecular weight is 492 g/mol. The Balaban J connectivity index is 2.02. The van der Waals surface area contributed by atoms with Crippen LogP contribution in [0.15, 0.2) is 47.9 Å². The van der Waals surface area contributed by atoms with Gasteiger partial charge in [0.15, 0.2) is 0 Å². The zero-order valence-corrected chi connectivity index (χ0v) is 19.7. The highest BCUT2D eigenvalue weighted by Crippen LogP contribution is 2.37. The molecule has 0 spiro atoms. The van der Waals surface area contributed by atoms with E-state index in [1.807, 2.05) is 32.9 Å². The summed E-state index contributed by atoms with van der Waals surface area (Å²) in [5.41, 5.74) is 2.23. The third-order valence-electron chi connectivity index (χ3n) is 4.81. The van der Waals surface area contributed by atoms with Crippen molar-refractivity contribution in [2.75, 3.05) is 12.4 Å². The van der Waals surface area contributed by atoms with Gasteiger partial charge in [0.2, 0.25) is 10.9 Å². The maximum absolute atomic E-state index is 13.2. The third-order valence-corrected chi connectivity index (χ3v) is 6.09. The first kappa shape index (κ1) is 25.0. The van der Waals surface area contributed by atoms with E-state index in [0.29, 0.717) is 22.7 Å². The number of benzene rings is 1. The molecule has 0 saturated carbocycles. The minimum Gasteiger partial charge on any atom is -0.481 e. The number of ether oxygens (including phenoxy) is 1. The van der Waals surface area contributed by atoms with E-state index >= 15 is 0 Å². The lowest BCUT2D eigenvalue weighted by Crippen LogP contribution is -2.36. The summed E-state index contributed by atoms with van der Waals surface area (Å²) in [5, 5.41) is 1.55. The lowest BCUT2D eigenvalue weighted by molar-refractivity contribution is 0.141. The Morgan fingerprint density at radius 3 is 2.41 bits per heavy atom. The minimum atomic E-state index is -4.73. The number of carbonyl (C=O) groups excluding carboxylic acids is 1. The van der Waals surface area contributed by atoms with Gasteiger partial charge in [0.25, 0.3) is 16.4 Å². The zero-order valence-electron chi connectivity index (χ0n) is 18.8. The average Bonchev–Trinajstić information content (AvgIpc) is 2.79. The van der Waals surface area contributed by atoms with Gasteiger partial charge in [-0.05, 0) is 36.1 Å². The number of aryl methyl sites for hydroxylation is 1. The molecule has 2 amide bonds. The maximum atomic E-state index is 13.2. The molecule has 2 aromatic heterocycles. The van der Waals surface area contributed by atoms with Gasteiger partial charge in [-0.25, -0.2) is 28.3 Å². The highest BCUT2D eigenvalue weighted by Gasteiger charge is 2.28. The van der Waals surface area contributed by atoms with Gasteiger partial charge in [-0.15, -0.1) is 0 Å². The van der Waals surface area contributed by atoms with Gasteiger partial charge in [-0.3, -0.25) is 4.98 Å². The van der Waals surface area contributed by atoms with Crippen LogP contribution in [0.4, 0.5) is 19.3 Å². The van der Waals surface area contributed by atoms with E-state index in [-0.39, 0.29) is 5.92 Å². The van der Waals surface area contributed by atoms with Crippen LogP contribution >= 0.6 is 0 Å². The van der Waals surface area contributed by atoms with E-state index in [0.717, 1.165) is 23.5 Å². The normalized spacial score (nSPS) is 11.5. The van der Waals surface area contributed by atoms with E-state index in [9.17, 15) is 22.0 Å². The molecule has 3 aromatic rings. The van der Waals surface area contributed by atoms with Crippen LogP contribution in [0.2, 0.25) is 0 Å². The number of hydrogen-bond acceptors (Lipinski definition) is 7. The Morgan fingerprint density at radius 2 is 1.76 bits per heavy atom. The van der Waals surface area contributed by atoms with E-state index in [2.05, 4.69) is 20.3 Å². The summed E-state index contributed by atoms with van der Waals surface area (Å²) in [7, 11) is -3.26. The lowest BCUT2D eigenvalue weighted by atomic mass is 9.92. The molecule has 0 unspecified atom stereocenters. The van der Waals surface area contributed by atoms with Gasteiger partial charge >= 0.3 is 6.03 Å². The fraction of sp³-hybridized carbons (Fsp3) is 0.273. The molecule has 0 aliphatic rings. The number of sulfonamides is 1. The summed E-state index contributed by atoms with van der Waals surface area (Å²) in [6, 6.07) is 5.94. The fourth-order valence-electron chi connectivity index (χ4n) is 3.33. The second-order valence-electron chi connectivity index (χ2n) is 7.63. The molecular weight excluding hydrogens is 468 g/mol. The number of aromatic nitrogens is 3. The maximum Gasteiger partial charge on any atom is 0.333 e. The minimum absolute atomic E-state index is 0.0419. The standard InChI is InChI=1S/C22H23F2N5O4S/c1-12(2)15-9-13(3)10-16(14-5-6-25-17(11-14)33-4)18(15)28-22(30)29-34(31,32)21-19(20(23)24)26-7-8-27-21/h5-12,20H,1-4H3,(H2,28,29,30). The predicted molar refractivity (Wildman–Crippen MR) is 121 cm³/mol. The fourth-order valence-corrected chi connectivity index (χ4v) is 4.34. The number of methoxy groups -OCH3 is 1. The quantitative estimate of drug-likeness (QED) is 0.501. The molecule has 0 fully saturated rings. The predicted octanol–water partition coefficient (Wildman–Crippen LogP) is 4.43. The number of anilines is 1. The van der Waals surface area contributed by atoms with Crippen LogP contribution in [0.25, 0.3) is 11.1 Å². The molecule has 0 radical (unpaired) electrons. The monoisotopic (exact) mass is 491 g/mol. The summed E-state index contributed by atoms with van der Waals surface area (Å²) in [6.07, 6.45) is 0.238. The van der Waals surface area contributed by atoms with E-state index in [1.165, 1.54) is 7.11 Å². The number of alkyl halides is 2. The number of nitrogens with zero attached hydrogens (tertiary/aromatic N) is 3. The highest BCUT2D eigenvalue weighted by molar-refractivity contribution is 7.90. The Bertz CT molecular complexity index is 1320. The Kier molecular flexibility index (Phi) is 7.40. The van der Waals surface area contributed by atoms with Crippen LogP contribution in [0.5, 0.6) is 5.88 Å². The van der Waals surface area contributed by atoms with Crippen molar-refractivity contribution in [2.24, 2.45) is 0 Å². The van der Waals surface area contributed by atoms with Crippen LogP contribution in [0.1, 0.15) is 43.0 Å². The van der Waals surface area contributed by atoms with Gasteiger partial charge in [0.05, 0.1) is 12.8 Å². The lowest BCUT2D eigenvalue weighted by Gasteiger charge is -2.20. The van der Waals surface area contributed by atoms with Crippen LogP contribution < -0.4 is 14.8 Å². The van der Waals surface area contributed by atoms with Crippen LogP contribution in [-0.2, 0) is 10.0 Å².